The number of hydrogen-bond donors (Lipinski definition) is 0. The average Bonchev–Trinajstić information content (AvgIpc) is 3.56. The molecule has 2 aromatic heterocycles. The quantitative estimate of drug-likeness (QED) is 0.423. The van der Waals surface area contributed by atoms with Crippen LogP contribution in [-0.2, 0) is 17.8 Å². The van der Waals surface area contributed by atoms with Crippen LogP contribution in [0, 0.1) is 11.7 Å². The van der Waals surface area contributed by atoms with Crippen LogP contribution in [0.2, 0.25) is 0 Å². The topological polar surface area (TPSA) is 88.1 Å². The lowest BCUT2D eigenvalue weighted by Crippen LogP contribution is -2.40. The molecule has 0 bridgehead atoms. The highest BCUT2D eigenvalue weighted by molar-refractivity contribution is 5.91. The van der Waals surface area contributed by atoms with Crippen molar-refractivity contribution in [1.29, 1.82) is 0 Å². The number of rotatable bonds is 6. The molecule has 5 rings (SSSR count). The van der Waals surface area contributed by atoms with E-state index < -0.39 is 23.0 Å². The lowest BCUT2D eigenvalue weighted by molar-refractivity contribution is 0.0599. The Kier molecular flexibility index (Phi) is 5.16. The Morgan fingerprint density at radius 2 is 1.85 bits per heavy atom. The number of carbonyl (C=O) groups is 1. The van der Waals surface area contributed by atoms with E-state index in [0.29, 0.717) is 23.4 Å². The predicted molar refractivity (Wildman–Crippen MR) is 119 cm³/mol. The Morgan fingerprint density at radius 1 is 1.12 bits per heavy atom. The fraction of sp³-hybridized carbons (Fsp3) is 0.250. The van der Waals surface area contributed by atoms with Crippen LogP contribution in [-0.4, -0.2) is 31.8 Å². The largest absolute Gasteiger partial charge is 0.465 e. The molecule has 1 fully saturated rings. The molecule has 0 radical (unpaired) electrons. The van der Waals surface area contributed by atoms with Gasteiger partial charge in [-0.05, 0) is 54.7 Å². The summed E-state index contributed by atoms with van der Waals surface area (Å²) in [4.78, 5) is 43.3. The number of ether oxygens (including phenoxy) is 1. The van der Waals surface area contributed by atoms with Crippen LogP contribution in [0.5, 0.6) is 0 Å². The molecule has 1 aliphatic carbocycles. The van der Waals surface area contributed by atoms with Crippen LogP contribution in [0.4, 0.5) is 4.39 Å². The van der Waals surface area contributed by atoms with Crippen molar-refractivity contribution >= 4 is 17.1 Å². The third-order valence-electron chi connectivity index (χ3n) is 5.89. The summed E-state index contributed by atoms with van der Waals surface area (Å²) in [7, 11) is 1.31. The van der Waals surface area contributed by atoms with E-state index >= 15 is 0 Å². The zero-order valence-electron chi connectivity index (χ0n) is 17.9. The first-order valence-electron chi connectivity index (χ1n) is 10.6. The van der Waals surface area contributed by atoms with Gasteiger partial charge in [-0.25, -0.2) is 23.5 Å². The normalized spacial score (nSPS) is 13.4. The van der Waals surface area contributed by atoms with Gasteiger partial charge in [0.15, 0.2) is 11.2 Å². The lowest BCUT2D eigenvalue weighted by Gasteiger charge is -2.13. The summed E-state index contributed by atoms with van der Waals surface area (Å²) in [5, 5.41) is 0. The average molecular weight is 448 g/mol. The second kappa shape index (κ2) is 8.16. The molecule has 8 nitrogen and oxygen atoms in total. The van der Waals surface area contributed by atoms with E-state index in [1.54, 1.807) is 28.8 Å². The van der Waals surface area contributed by atoms with Gasteiger partial charge in [0.2, 0.25) is 0 Å². The molecule has 1 aliphatic rings. The van der Waals surface area contributed by atoms with Crippen molar-refractivity contribution in [1.82, 2.24) is 18.7 Å². The van der Waals surface area contributed by atoms with E-state index in [4.69, 9.17) is 4.74 Å². The number of carbonyl (C=O) groups excluding carboxylic acids is 1. The highest BCUT2D eigenvalue weighted by Crippen LogP contribution is 2.30. The maximum Gasteiger partial charge on any atom is 0.338 e. The molecule has 168 valence electrons. The molecule has 1 saturated carbocycles. The molecule has 2 heterocycles. The Morgan fingerprint density at radius 3 is 2.55 bits per heavy atom. The lowest BCUT2D eigenvalue weighted by atomic mass is 10.1. The molecular formula is C24H21FN4O4. The summed E-state index contributed by atoms with van der Waals surface area (Å²) < 4.78 is 22.6. The molecule has 0 N–H and O–H groups in total. The summed E-state index contributed by atoms with van der Waals surface area (Å²) in [5.74, 6) is -0.630. The summed E-state index contributed by atoms with van der Waals surface area (Å²) in [6.45, 7) is 0.501. The molecule has 4 aromatic rings. The first-order chi connectivity index (χ1) is 16.0. The molecule has 0 unspecified atom stereocenters. The molecule has 0 saturated heterocycles. The van der Waals surface area contributed by atoms with Gasteiger partial charge in [-0.3, -0.25) is 9.36 Å². The molecule has 0 amide bonds. The minimum Gasteiger partial charge on any atom is -0.465 e. The van der Waals surface area contributed by atoms with Crippen molar-refractivity contribution in [2.24, 2.45) is 5.92 Å². The summed E-state index contributed by atoms with van der Waals surface area (Å²) >= 11 is 0. The van der Waals surface area contributed by atoms with Gasteiger partial charge >= 0.3 is 11.7 Å². The second-order valence-corrected chi connectivity index (χ2v) is 8.15. The standard InChI is InChI=1S/C24H21FN4O4/c1-33-23(31)19-5-3-2-4-16(19)13-27-14-26-21-20(27)22(30)28(12-15-6-7-15)24(32)29(21)18-10-8-17(25)9-11-18/h2-5,8-11,14-15H,6-7,12-13H2,1H3. The highest BCUT2D eigenvalue weighted by atomic mass is 19.1. The van der Waals surface area contributed by atoms with E-state index in [1.807, 2.05) is 0 Å². The van der Waals surface area contributed by atoms with Crippen molar-refractivity contribution in [2.45, 2.75) is 25.9 Å². The van der Waals surface area contributed by atoms with E-state index in [-0.39, 0.29) is 23.6 Å². The van der Waals surface area contributed by atoms with Crippen molar-refractivity contribution < 1.29 is 13.9 Å². The Bertz CT molecular complexity index is 1480. The van der Waals surface area contributed by atoms with Gasteiger partial charge in [0.25, 0.3) is 5.56 Å². The third kappa shape index (κ3) is 3.75. The molecule has 9 heteroatoms. The number of benzene rings is 2. The van der Waals surface area contributed by atoms with Gasteiger partial charge in [0, 0.05) is 6.54 Å². The molecule has 0 spiro atoms. The van der Waals surface area contributed by atoms with Crippen LogP contribution < -0.4 is 11.2 Å². The van der Waals surface area contributed by atoms with E-state index in [0.717, 1.165) is 12.8 Å². The molecule has 0 aliphatic heterocycles. The monoisotopic (exact) mass is 448 g/mol. The summed E-state index contributed by atoms with van der Waals surface area (Å²) in [6, 6.07) is 12.4. The number of fused-ring (bicyclic) bond motifs is 1. The molecule has 33 heavy (non-hydrogen) atoms. The van der Waals surface area contributed by atoms with E-state index in [2.05, 4.69) is 4.98 Å². The zero-order chi connectivity index (χ0) is 23.1. The number of hydrogen-bond acceptors (Lipinski definition) is 5. The molecule has 2 aromatic carbocycles. The van der Waals surface area contributed by atoms with Crippen LogP contribution >= 0.6 is 0 Å². The maximum atomic E-state index is 13.5. The number of halogens is 1. The van der Waals surface area contributed by atoms with Gasteiger partial charge in [-0.1, -0.05) is 18.2 Å². The van der Waals surface area contributed by atoms with Crippen LogP contribution in [0.3, 0.4) is 0 Å². The predicted octanol–water partition coefficient (Wildman–Crippen LogP) is 2.73. The van der Waals surface area contributed by atoms with Crippen molar-refractivity contribution in [3.8, 4) is 5.69 Å². The van der Waals surface area contributed by atoms with E-state index in [1.165, 1.54) is 46.8 Å². The number of nitrogens with zero attached hydrogens (tertiary/aromatic N) is 4. The fourth-order valence-corrected chi connectivity index (χ4v) is 3.99. The summed E-state index contributed by atoms with van der Waals surface area (Å²) in [5.41, 5.74) is 0.914. The van der Waals surface area contributed by atoms with Gasteiger partial charge in [0.05, 0.1) is 31.2 Å². The van der Waals surface area contributed by atoms with Gasteiger partial charge in [-0.2, -0.15) is 0 Å². The Labute approximate surface area is 187 Å². The van der Waals surface area contributed by atoms with E-state index in [9.17, 15) is 18.8 Å². The second-order valence-electron chi connectivity index (χ2n) is 8.15. The summed E-state index contributed by atoms with van der Waals surface area (Å²) in [6.07, 6.45) is 3.40. The third-order valence-corrected chi connectivity index (χ3v) is 5.89. The number of imidazole rings is 1. The van der Waals surface area contributed by atoms with Crippen molar-refractivity contribution in [3.63, 3.8) is 0 Å². The first-order valence-corrected chi connectivity index (χ1v) is 10.6. The fourth-order valence-electron chi connectivity index (χ4n) is 3.99. The van der Waals surface area contributed by atoms with Crippen LogP contribution in [0.15, 0.2) is 64.4 Å². The van der Waals surface area contributed by atoms with Crippen molar-refractivity contribution in [2.75, 3.05) is 7.11 Å². The van der Waals surface area contributed by atoms with Crippen LogP contribution in [0.25, 0.3) is 16.9 Å². The molecule has 0 atom stereocenters. The Hall–Kier alpha value is -4.01. The van der Waals surface area contributed by atoms with Gasteiger partial charge in [0.1, 0.15) is 5.82 Å². The highest BCUT2D eigenvalue weighted by Gasteiger charge is 2.26. The number of esters is 1. The van der Waals surface area contributed by atoms with Gasteiger partial charge in [-0.15, -0.1) is 0 Å². The zero-order valence-corrected chi connectivity index (χ0v) is 17.9. The first kappa shape index (κ1) is 20.9. The maximum absolute atomic E-state index is 13.5. The SMILES string of the molecule is COC(=O)c1ccccc1Cn1cnc2c1c(=O)n(CC1CC1)c(=O)n2-c1ccc(F)cc1. The van der Waals surface area contributed by atoms with Crippen molar-refractivity contribution in [3.05, 3.63) is 92.6 Å². The minimum absolute atomic E-state index is 0.180. The van der Waals surface area contributed by atoms with Crippen LogP contribution in [0.1, 0.15) is 28.8 Å². The minimum atomic E-state index is -0.508. The molecular weight excluding hydrogens is 427 g/mol. The Balaban J connectivity index is 1.72. The number of methoxy groups -OCH3 is 1. The smallest absolute Gasteiger partial charge is 0.338 e. The van der Waals surface area contributed by atoms with Gasteiger partial charge < -0.3 is 9.30 Å². The number of aromatic nitrogens is 4.